The molecule has 0 aliphatic carbocycles. The molecule has 6 rings (SSSR count). The predicted octanol–water partition coefficient (Wildman–Crippen LogP) is 4.48. The van der Waals surface area contributed by atoms with Crippen LogP contribution in [0.3, 0.4) is 0 Å². The van der Waals surface area contributed by atoms with E-state index in [4.69, 9.17) is 0 Å². The molecule has 0 unspecified atom stereocenters. The number of halogens is 2. The molecule has 1 amide bonds. The molecule has 0 saturated carbocycles. The van der Waals surface area contributed by atoms with E-state index in [0.717, 1.165) is 4.31 Å². The van der Waals surface area contributed by atoms with E-state index >= 15 is 0 Å². The van der Waals surface area contributed by atoms with Crippen LogP contribution in [0.5, 0.6) is 0 Å². The number of aromatic nitrogens is 4. The second-order valence-corrected chi connectivity index (χ2v) is 13.3. The summed E-state index contributed by atoms with van der Waals surface area (Å²) in [6, 6.07) is 17.2. The second kappa shape index (κ2) is 13.6. The van der Waals surface area contributed by atoms with Gasteiger partial charge < -0.3 is 15.3 Å². The number of nitrogens with zero attached hydrogens (tertiary/aromatic N) is 6. The molecule has 252 valence electrons. The molecule has 3 heterocycles. The number of carboxylic acid groups (broad SMARTS) is 1. The fourth-order valence-corrected chi connectivity index (χ4v) is 7.36. The highest BCUT2D eigenvalue weighted by Crippen LogP contribution is 2.32. The Morgan fingerprint density at radius 1 is 0.980 bits per heavy atom. The number of anilines is 1. The van der Waals surface area contributed by atoms with Crippen LogP contribution in [0.2, 0.25) is 0 Å². The van der Waals surface area contributed by atoms with Crippen molar-refractivity contribution >= 4 is 38.9 Å². The lowest BCUT2D eigenvalue weighted by atomic mass is 10.0. The SMILES string of the molecule is CCC(F)(F)c1ccc(CNC(=O)[C@H]2CN(c3cnc4cncnc4n3)CCN2S(=O)(=O)c2ccc(-c3ccccc3)cc2C(=O)O)cc1. The summed E-state index contributed by atoms with van der Waals surface area (Å²) in [5.41, 5.74) is 1.91. The first-order valence-corrected chi connectivity index (χ1v) is 16.8. The number of piperazine rings is 1. The van der Waals surface area contributed by atoms with Crippen LogP contribution < -0.4 is 10.2 Å². The molecule has 1 aliphatic heterocycles. The minimum atomic E-state index is -4.55. The highest BCUT2D eigenvalue weighted by molar-refractivity contribution is 7.89. The van der Waals surface area contributed by atoms with Crippen molar-refractivity contribution in [2.75, 3.05) is 24.5 Å². The number of carboxylic acids is 1. The lowest BCUT2D eigenvalue weighted by Gasteiger charge is -2.40. The van der Waals surface area contributed by atoms with Gasteiger partial charge >= 0.3 is 5.97 Å². The molecular formula is C34H31F2N7O5S. The number of carbonyl (C=O) groups is 2. The van der Waals surface area contributed by atoms with Crippen molar-refractivity contribution in [2.24, 2.45) is 0 Å². The maximum Gasteiger partial charge on any atom is 0.337 e. The van der Waals surface area contributed by atoms with Crippen molar-refractivity contribution in [1.29, 1.82) is 0 Å². The molecule has 2 aromatic heterocycles. The maximum atomic E-state index is 14.3. The van der Waals surface area contributed by atoms with E-state index in [1.165, 1.54) is 68.1 Å². The topological polar surface area (TPSA) is 159 Å². The molecule has 2 N–H and O–H groups in total. The Balaban J connectivity index is 1.32. The van der Waals surface area contributed by atoms with E-state index in [2.05, 4.69) is 25.3 Å². The quantitative estimate of drug-likeness (QED) is 0.214. The number of hydrogen-bond acceptors (Lipinski definition) is 9. The maximum absolute atomic E-state index is 14.3. The number of fused-ring (bicyclic) bond motifs is 1. The van der Waals surface area contributed by atoms with Crippen LogP contribution in [0.15, 0.2) is 96.4 Å². The van der Waals surface area contributed by atoms with Crippen molar-refractivity contribution in [3.8, 4) is 11.1 Å². The fourth-order valence-electron chi connectivity index (χ4n) is 5.62. The van der Waals surface area contributed by atoms with Gasteiger partial charge in [-0.15, -0.1) is 0 Å². The van der Waals surface area contributed by atoms with Crippen LogP contribution in [-0.4, -0.2) is 75.3 Å². The Hall–Kier alpha value is -5.41. The van der Waals surface area contributed by atoms with E-state index in [0.29, 0.717) is 33.7 Å². The Morgan fingerprint density at radius 3 is 2.45 bits per heavy atom. The molecule has 1 saturated heterocycles. The molecule has 1 fully saturated rings. The van der Waals surface area contributed by atoms with Gasteiger partial charge in [-0.3, -0.25) is 4.79 Å². The molecule has 49 heavy (non-hydrogen) atoms. The van der Waals surface area contributed by atoms with Crippen LogP contribution >= 0.6 is 0 Å². The number of nitrogens with one attached hydrogen (secondary N) is 1. The second-order valence-electron chi connectivity index (χ2n) is 11.4. The van der Waals surface area contributed by atoms with Crippen molar-refractivity contribution in [2.45, 2.75) is 36.7 Å². The van der Waals surface area contributed by atoms with Gasteiger partial charge in [-0.25, -0.2) is 41.9 Å². The normalized spacial score (nSPS) is 15.7. The molecular weight excluding hydrogens is 656 g/mol. The highest BCUT2D eigenvalue weighted by Gasteiger charge is 2.42. The Morgan fingerprint density at radius 2 is 1.73 bits per heavy atom. The summed E-state index contributed by atoms with van der Waals surface area (Å²) >= 11 is 0. The van der Waals surface area contributed by atoms with Gasteiger partial charge in [0.25, 0.3) is 5.92 Å². The lowest BCUT2D eigenvalue weighted by Crippen LogP contribution is -2.60. The summed E-state index contributed by atoms with van der Waals surface area (Å²) in [6.45, 7) is 1.08. The average Bonchev–Trinajstić information content (AvgIpc) is 3.13. The van der Waals surface area contributed by atoms with Gasteiger partial charge in [0.1, 0.15) is 23.7 Å². The largest absolute Gasteiger partial charge is 0.478 e. The van der Waals surface area contributed by atoms with E-state index in [-0.39, 0.29) is 38.2 Å². The van der Waals surface area contributed by atoms with Gasteiger partial charge in [-0.1, -0.05) is 67.6 Å². The summed E-state index contributed by atoms with van der Waals surface area (Å²) in [5, 5.41) is 12.8. The zero-order valence-electron chi connectivity index (χ0n) is 26.2. The van der Waals surface area contributed by atoms with Gasteiger partial charge in [0.15, 0.2) is 5.65 Å². The minimum absolute atomic E-state index is 0.0694. The van der Waals surface area contributed by atoms with Crippen molar-refractivity contribution in [3.63, 3.8) is 0 Å². The predicted molar refractivity (Wildman–Crippen MR) is 176 cm³/mol. The summed E-state index contributed by atoms with van der Waals surface area (Å²) in [6.07, 6.45) is 3.93. The summed E-state index contributed by atoms with van der Waals surface area (Å²) in [4.78, 5) is 44.4. The number of aromatic carboxylic acids is 1. The van der Waals surface area contributed by atoms with Gasteiger partial charge in [0, 0.05) is 38.2 Å². The number of carbonyl (C=O) groups excluding carboxylic acids is 1. The van der Waals surface area contributed by atoms with Crippen molar-refractivity contribution < 1.29 is 31.9 Å². The summed E-state index contributed by atoms with van der Waals surface area (Å²) in [7, 11) is -4.55. The number of hydrogen-bond donors (Lipinski definition) is 2. The van der Waals surface area contributed by atoms with Gasteiger partial charge in [-0.05, 0) is 28.8 Å². The number of alkyl halides is 2. The van der Waals surface area contributed by atoms with Gasteiger partial charge in [0.2, 0.25) is 15.9 Å². The van der Waals surface area contributed by atoms with Gasteiger partial charge in [0.05, 0.1) is 22.9 Å². The van der Waals surface area contributed by atoms with Crippen molar-refractivity contribution in [1.82, 2.24) is 29.6 Å². The number of sulfonamides is 1. The third-order valence-corrected chi connectivity index (χ3v) is 10.3. The molecule has 1 aliphatic rings. The van der Waals surface area contributed by atoms with E-state index in [1.807, 2.05) is 6.07 Å². The third-order valence-electron chi connectivity index (χ3n) is 8.36. The zero-order chi connectivity index (χ0) is 34.8. The summed E-state index contributed by atoms with van der Waals surface area (Å²) < 4.78 is 57.8. The van der Waals surface area contributed by atoms with E-state index in [9.17, 15) is 31.9 Å². The molecule has 5 aromatic rings. The zero-order valence-corrected chi connectivity index (χ0v) is 27.0. The van der Waals surface area contributed by atoms with Gasteiger partial charge in [-0.2, -0.15) is 4.31 Å². The minimum Gasteiger partial charge on any atom is -0.478 e. The number of benzene rings is 3. The smallest absolute Gasteiger partial charge is 0.337 e. The fraction of sp³-hybridized carbons (Fsp3) is 0.235. The van der Waals surface area contributed by atoms with Crippen LogP contribution in [0, 0.1) is 0 Å². The van der Waals surface area contributed by atoms with Crippen LogP contribution in [0.4, 0.5) is 14.6 Å². The molecule has 0 bridgehead atoms. The molecule has 3 aromatic carbocycles. The first kappa shape index (κ1) is 33.5. The molecule has 0 radical (unpaired) electrons. The van der Waals surface area contributed by atoms with E-state index in [1.54, 1.807) is 29.2 Å². The monoisotopic (exact) mass is 687 g/mol. The third kappa shape index (κ3) is 6.93. The molecule has 1 atom stereocenters. The first-order valence-electron chi connectivity index (χ1n) is 15.3. The van der Waals surface area contributed by atoms with Crippen molar-refractivity contribution in [3.05, 3.63) is 108 Å². The van der Waals surface area contributed by atoms with Crippen LogP contribution in [-0.2, 0) is 27.3 Å². The summed E-state index contributed by atoms with van der Waals surface area (Å²) in [5.74, 6) is -4.76. The highest BCUT2D eigenvalue weighted by atomic mass is 32.2. The lowest BCUT2D eigenvalue weighted by molar-refractivity contribution is -0.125. The molecule has 15 heteroatoms. The molecule has 12 nitrogen and oxygen atoms in total. The van der Waals surface area contributed by atoms with Crippen LogP contribution in [0.1, 0.15) is 34.8 Å². The Labute approximate surface area is 280 Å². The standard InChI is InChI=1S/C34H31F2N7O5S/c1-2-34(35,36)25-11-8-22(9-12-25)17-39-32(44)28-20-42(30-19-38-27-18-37-21-40-31(27)41-30)14-15-43(28)49(47,48)29-13-10-24(16-26(29)33(45)46)23-6-4-3-5-7-23/h3-13,16,18-19,21,28H,2,14-15,17,20H2,1H3,(H,39,44)(H,45,46)/t28-/m1/s1. The Kier molecular flexibility index (Phi) is 9.30. The number of amides is 1. The van der Waals surface area contributed by atoms with Crippen LogP contribution in [0.25, 0.3) is 22.3 Å². The van der Waals surface area contributed by atoms with E-state index < -0.39 is 44.3 Å². The Bertz CT molecular complexity index is 2120. The number of rotatable bonds is 10. The molecule has 0 spiro atoms. The average molecular weight is 688 g/mol. The first-order chi connectivity index (χ1) is 23.5.